The van der Waals surface area contributed by atoms with E-state index in [1.165, 1.54) is 13.3 Å². The van der Waals surface area contributed by atoms with Gasteiger partial charge in [-0.25, -0.2) is 4.98 Å². The molecule has 0 aliphatic heterocycles. The molecule has 30 heavy (non-hydrogen) atoms. The Labute approximate surface area is 175 Å². The fourth-order valence-electron chi connectivity index (χ4n) is 3.39. The molecule has 0 saturated carbocycles. The van der Waals surface area contributed by atoms with E-state index in [-0.39, 0.29) is 6.42 Å². The summed E-state index contributed by atoms with van der Waals surface area (Å²) >= 11 is 0. The van der Waals surface area contributed by atoms with Crippen molar-refractivity contribution in [1.29, 1.82) is 0 Å². The first-order valence-corrected chi connectivity index (χ1v) is 9.58. The van der Waals surface area contributed by atoms with Crippen LogP contribution in [0.15, 0.2) is 60.8 Å². The van der Waals surface area contributed by atoms with Crippen LogP contribution < -0.4 is 10.1 Å². The van der Waals surface area contributed by atoms with E-state index in [0.717, 1.165) is 22.3 Å². The van der Waals surface area contributed by atoms with Gasteiger partial charge in [0.25, 0.3) is 5.91 Å². The number of aromatic nitrogens is 1. The van der Waals surface area contributed by atoms with E-state index >= 15 is 0 Å². The molecule has 0 radical (unpaired) electrons. The molecule has 1 amide bonds. The van der Waals surface area contributed by atoms with Crippen molar-refractivity contribution in [2.45, 2.75) is 26.3 Å². The van der Waals surface area contributed by atoms with Crippen LogP contribution in [0.5, 0.6) is 5.88 Å². The van der Waals surface area contributed by atoms with Gasteiger partial charge in [0.1, 0.15) is 0 Å². The number of carboxylic acids is 1. The van der Waals surface area contributed by atoms with Crippen LogP contribution in [0.2, 0.25) is 0 Å². The van der Waals surface area contributed by atoms with Crippen LogP contribution in [0, 0.1) is 13.8 Å². The van der Waals surface area contributed by atoms with Crippen LogP contribution in [0.25, 0.3) is 11.1 Å². The van der Waals surface area contributed by atoms with Gasteiger partial charge in [0, 0.05) is 11.8 Å². The number of pyridine rings is 1. The third-order valence-corrected chi connectivity index (χ3v) is 4.88. The lowest BCUT2D eigenvalue weighted by Crippen LogP contribution is -2.30. The molecular weight excluding hydrogens is 380 g/mol. The number of aryl methyl sites for hydroxylation is 2. The predicted octanol–water partition coefficient (Wildman–Crippen LogP) is 4.32. The number of carbonyl (C=O) groups excluding carboxylic acids is 1. The number of benzene rings is 2. The summed E-state index contributed by atoms with van der Waals surface area (Å²) in [7, 11) is 1.53. The van der Waals surface area contributed by atoms with E-state index in [1.54, 1.807) is 6.07 Å². The summed E-state index contributed by atoms with van der Waals surface area (Å²) in [5.74, 6) is -0.969. The lowest BCUT2D eigenvalue weighted by molar-refractivity contribution is -0.137. The van der Waals surface area contributed by atoms with Crippen molar-refractivity contribution in [3.8, 4) is 17.0 Å². The van der Waals surface area contributed by atoms with Gasteiger partial charge < -0.3 is 15.2 Å². The van der Waals surface area contributed by atoms with Crippen molar-refractivity contribution >= 4 is 11.9 Å². The van der Waals surface area contributed by atoms with E-state index < -0.39 is 17.9 Å². The number of hydrogen-bond acceptors (Lipinski definition) is 4. The lowest BCUT2D eigenvalue weighted by atomic mass is 9.98. The van der Waals surface area contributed by atoms with Crippen LogP contribution in [0.1, 0.15) is 39.5 Å². The largest absolute Gasteiger partial charge is 0.481 e. The fourth-order valence-corrected chi connectivity index (χ4v) is 3.39. The van der Waals surface area contributed by atoms with Gasteiger partial charge in [-0.2, -0.15) is 0 Å². The third kappa shape index (κ3) is 4.84. The topological polar surface area (TPSA) is 88.5 Å². The monoisotopic (exact) mass is 404 g/mol. The number of nitrogens with one attached hydrogen (secondary N) is 1. The van der Waals surface area contributed by atoms with Gasteiger partial charge in [-0.1, -0.05) is 54.1 Å². The molecule has 6 heteroatoms. The van der Waals surface area contributed by atoms with E-state index in [9.17, 15) is 14.7 Å². The van der Waals surface area contributed by atoms with Crippen molar-refractivity contribution in [2.24, 2.45) is 0 Å². The lowest BCUT2D eigenvalue weighted by Gasteiger charge is -2.20. The Morgan fingerprint density at radius 1 is 1.10 bits per heavy atom. The minimum Gasteiger partial charge on any atom is -0.481 e. The van der Waals surface area contributed by atoms with Crippen LogP contribution >= 0.6 is 0 Å². The molecular formula is C24H24N2O4. The number of hydrogen-bond donors (Lipinski definition) is 2. The second-order valence-corrected chi connectivity index (χ2v) is 7.13. The van der Waals surface area contributed by atoms with E-state index in [4.69, 9.17) is 4.74 Å². The van der Waals surface area contributed by atoms with Gasteiger partial charge in [-0.05, 0) is 36.6 Å². The second kappa shape index (κ2) is 9.22. The maximum Gasteiger partial charge on any atom is 0.305 e. The minimum absolute atomic E-state index is 0.217. The molecule has 0 aliphatic rings. The highest BCUT2D eigenvalue weighted by Gasteiger charge is 2.21. The molecule has 2 aromatic carbocycles. The highest BCUT2D eigenvalue weighted by atomic mass is 16.5. The molecule has 3 rings (SSSR count). The number of carboxylic acid groups (broad SMARTS) is 1. The molecule has 1 unspecified atom stereocenters. The van der Waals surface area contributed by atoms with Crippen molar-refractivity contribution in [2.75, 3.05) is 7.11 Å². The molecule has 0 fully saturated rings. The molecule has 1 aromatic heterocycles. The van der Waals surface area contributed by atoms with Gasteiger partial charge in [0.15, 0.2) is 0 Å². The van der Waals surface area contributed by atoms with Crippen molar-refractivity contribution < 1.29 is 19.4 Å². The van der Waals surface area contributed by atoms with Crippen LogP contribution in [0.4, 0.5) is 0 Å². The van der Waals surface area contributed by atoms with Crippen LogP contribution in [0.3, 0.4) is 0 Å². The minimum atomic E-state index is -0.989. The number of nitrogens with zero attached hydrogens (tertiary/aromatic N) is 1. The Morgan fingerprint density at radius 2 is 1.87 bits per heavy atom. The summed E-state index contributed by atoms with van der Waals surface area (Å²) in [4.78, 5) is 28.7. The third-order valence-electron chi connectivity index (χ3n) is 4.88. The fraction of sp³-hybridized carbons (Fsp3) is 0.208. The highest BCUT2D eigenvalue weighted by molar-refractivity contribution is 5.96. The van der Waals surface area contributed by atoms with Gasteiger partial charge in [0.05, 0.1) is 25.1 Å². The van der Waals surface area contributed by atoms with E-state index in [0.29, 0.717) is 17.0 Å². The standard InChI is InChI=1S/C24H24N2O4/c1-15-7-6-9-17(11-15)20-12-18(14-25-24(20)30-3)23(29)26-21(13-22(27)28)19-10-5-4-8-16(19)2/h4-12,14,21H,13H2,1-3H3,(H,26,29)(H,27,28). The average Bonchev–Trinajstić information content (AvgIpc) is 2.72. The highest BCUT2D eigenvalue weighted by Crippen LogP contribution is 2.30. The zero-order valence-electron chi connectivity index (χ0n) is 17.2. The summed E-state index contributed by atoms with van der Waals surface area (Å²) in [5, 5.41) is 12.2. The molecule has 2 N–H and O–H groups in total. The summed E-state index contributed by atoms with van der Waals surface area (Å²) in [6, 6.07) is 16.3. The first kappa shape index (κ1) is 21.0. The molecule has 0 aliphatic carbocycles. The number of carbonyl (C=O) groups is 2. The molecule has 1 atom stereocenters. The first-order chi connectivity index (χ1) is 14.4. The van der Waals surface area contributed by atoms with Gasteiger partial charge in [0.2, 0.25) is 5.88 Å². The zero-order valence-corrected chi connectivity index (χ0v) is 17.2. The SMILES string of the molecule is COc1ncc(C(=O)NC(CC(=O)O)c2ccccc2C)cc1-c1cccc(C)c1. The Hall–Kier alpha value is -3.67. The maximum atomic E-state index is 13.0. The second-order valence-electron chi connectivity index (χ2n) is 7.13. The molecule has 6 nitrogen and oxygen atoms in total. The smallest absolute Gasteiger partial charge is 0.305 e. The average molecular weight is 404 g/mol. The zero-order chi connectivity index (χ0) is 21.7. The van der Waals surface area contributed by atoms with Crippen molar-refractivity contribution in [3.63, 3.8) is 0 Å². The molecule has 0 saturated heterocycles. The number of ether oxygens (including phenoxy) is 1. The predicted molar refractivity (Wildman–Crippen MR) is 115 cm³/mol. The summed E-state index contributed by atoms with van der Waals surface area (Å²) in [6.45, 7) is 3.87. The normalized spacial score (nSPS) is 11.6. The molecule has 0 bridgehead atoms. The van der Waals surface area contributed by atoms with Gasteiger partial charge >= 0.3 is 5.97 Å². The van der Waals surface area contributed by atoms with Crippen molar-refractivity contribution in [3.05, 3.63) is 83.0 Å². The Bertz CT molecular complexity index is 1080. The Morgan fingerprint density at radius 3 is 2.53 bits per heavy atom. The number of amides is 1. The van der Waals surface area contributed by atoms with Crippen LogP contribution in [-0.4, -0.2) is 29.1 Å². The van der Waals surface area contributed by atoms with Crippen LogP contribution in [-0.2, 0) is 4.79 Å². The van der Waals surface area contributed by atoms with Gasteiger partial charge in [-0.15, -0.1) is 0 Å². The first-order valence-electron chi connectivity index (χ1n) is 9.58. The number of methoxy groups -OCH3 is 1. The molecule has 1 heterocycles. The number of rotatable bonds is 7. The Kier molecular flexibility index (Phi) is 6.47. The summed E-state index contributed by atoms with van der Waals surface area (Å²) in [5.41, 5.74) is 4.67. The van der Waals surface area contributed by atoms with Crippen molar-refractivity contribution in [1.82, 2.24) is 10.3 Å². The summed E-state index contributed by atoms with van der Waals surface area (Å²) in [6.07, 6.45) is 1.22. The quantitative estimate of drug-likeness (QED) is 0.612. The molecule has 3 aromatic rings. The van der Waals surface area contributed by atoms with E-state index in [1.807, 2.05) is 62.4 Å². The maximum absolute atomic E-state index is 13.0. The molecule has 0 spiro atoms. The van der Waals surface area contributed by atoms with E-state index in [2.05, 4.69) is 10.3 Å². The summed E-state index contributed by atoms with van der Waals surface area (Å²) < 4.78 is 5.37. The van der Waals surface area contributed by atoms with Gasteiger partial charge in [-0.3, -0.25) is 9.59 Å². The number of aliphatic carboxylic acids is 1. The molecule has 154 valence electrons. The Balaban J connectivity index is 1.94.